The summed E-state index contributed by atoms with van der Waals surface area (Å²) in [6.07, 6.45) is 7.43. The number of hydrogen-bond acceptors (Lipinski definition) is 1. The van der Waals surface area contributed by atoms with E-state index in [0.29, 0.717) is 0 Å². The molecule has 0 N–H and O–H groups in total. The molecule has 1 aliphatic carbocycles. The molecule has 50 valence electrons. The highest BCUT2D eigenvalue weighted by Crippen LogP contribution is 2.01. The van der Waals surface area contributed by atoms with Crippen molar-refractivity contribution in [1.29, 1.82) is 0 Å². The van der Waals surface area contributed by atoms with Crippen LogP contribution in [0.5, 0.6) is 0 Å². The molecule has 10 heavy (non-hydrogen) atoms. The molecule has 0 saturated heterocycles. The summed E-state index contributed by atoms with van der Waals surface area (Å²) < 4.78 is 0. The average molecular weight is 133 g/mol. The predicted octanol–water partition coefficient (Wildman–Crippen LogP) is 1.25. The molecule has 0 heterocycles. The molecule has 0 unspecified atom stereocenters. The van der Waals surface area contributed by atoms with E-state index in [0.717, 1.165) is 5.57 Å². The maximum Gasteiger partial charge on any atom is 0.250 e. The minimum atomic E-state index is -0.221. The molecular weight excluding hydrogens is 126 g/mol. The van der Waals surface area contributed by atoms with Gasteiger partial charge in [-0.2, -0.15) is 4.99 Å². The van der Waals surface area contributed by atoms with Gasteiger partial charge in [0, 0.05) is 12.5 Å². The van der Waals surface area contributed by atoms with Crippen LogP contribution in [0.15, 0.2) is 34.9 Å². The van der Waals surface area contributed by atoms with Crippen LogP contribution in [0.4, 0.5) is 0 Å². The lowest BCUT2D eigenvalue weighted by Gasteiger charge is -1.76. The molecule has 2 nitrogen and oxygen atoms in total. The number of aliphatic imine (C=N–C) groups is 1. The number of carbonyl (C=O) groups excluding carboxylic acids is 1. The molecule has 0 saturated carbocycles. The third-order valence-corrected chi connectivity index (χ3v) is 1.01. The van der Waals surface area contributed by atoms with Crippen molar-refractivity contribution >= 4 is 11.8 Å². The molecule has 0 atom stereocenters. The molecule has 0 radical (unpaired) electrons. The second kappa shape index (κ2) is 2.95. The van der Waals surface area contributed by atoms with E-state index in [1.54, 1.807) is 0 Å². The minimum Gasteiger partial charge on any atom is -0.272 e. The Morgan fingerprint density at radius 2 is 2.10 bits per heavy atom. The van der Waals surface area contributed by atoms with Gasteiger partial charge < -0.3 is 0 Å². The molecule has 1 rings (SSSR count). The van der Waals surface area contributed by atoms with Crippen LogP contribution in [-0.2, 0) is 4.79 Å². The molecule has 0 fully saturated rings. The normalized spacial score (nSPS) is 13.5. The van der Waals surface area contributed by atoms with Gasteiger partial charge in [-0.25, -0.2) is 0 Å². The second-order valence-corrected chi connectivity index (χ2v) is 1.92. The Kier molecular flexibility index (Phi) is 1.98. The first-order valence-corrected chi connectivity index (χ1v) is 2.98. The quantitative estimate of drug-likeness (QED) is 0.457. The van der Waals surface area contributed by atoms with Gasteiger partial charge in [0.25, 0.3) is 5.91 Å². The minimum absolute atomic E-state index is 0.221. The van der Waals surface area contributed by atoms with Crippen LogP contribution in [0.3, 0.4) is 0 Å². The first kappa shape index (κ1) is 6.72. The summed E-state index contributed by atoms with van der Waals surface area (Å²) in [5.41, 5.74) is 0.843. The van der Waals surface area contributed by atoms with Crippen molar-refractivity contribution in [2.75, 3.05) is 0 Å². The fourth-order valence-corrected chi connectivity index (χ4v) is 0.592. The summed E-state index contributed by atoms with van der Waals surface area (Å²) in [6.45, 7) is 1.40. The largest absolute Gasteiger partial charge is 0.272 e. The van der Waals surface area contributed by atoms with Crippen molar-refractivity contribution in [1.82, 2.24) is 0 Å². The van der Waals surface area contributed by atoms with Crippen molar-refractivity contribution < 1.29 is 4.79 Å². The highest BCUT2D eigenvalue weighted by atomic mass is 16.1. The molecule has 0 spiro atoms. The summed E-state index contributed by atoms with van der Waals surface area (Å²) in [4.78, 5) is 13.8. The second-order valence-electron chi connectivity index (χ2n) is 1.92. The van der Waals surface area contributed by atoms with Crippen LogP contribution in [-0.4, -0.2) is 11.8 Å². The van der Waals surface area contributed by atoms with E-state index in [4.69, 9.17) is 0 Å². The molecule has 1 amide bonds. The van der Waals surface area contributed by atoms with Crippen molar-refractivity contribution in [2.24, 2.45) is 4.99 Å². The highest BCUT2D eigenvalue weighted by Gasteiger charge is 1.88. The Morgan fingerprint density at radius 1 is 1.50 bits per heavy atom. The summed E-state index contributed by atoms with van der Waals surface area (Å²) in [7, 11) is 0. The van der Waals surface area contributed by atoms with Crippen LogP contribution < -0.4 is 0 Å². The Balaban J connectivity index is 2.81. The van der Waals surface area contributed by atoms with Gasteiger partial charge in [-0.15, -0.1) is 0 Å². The fourth-order valence-electron chi connectivity index (χ4n) is 0.592. The third-order valence-electron chi connectivity index (χ3n) is 1.01. The van der Waals surface area contributed by atoms with E-state index in [-0.39, 0.29) is 5.91 Å². The lowest BCUT2D eigenvalue weighted by molar-refractivity contribution is -0.115. The first-order chi connectivity index (χ1) is 4.79. The van der Waals surface area contributed by atoms with Gasteiger partial charge in [0.1, 0.15) is 0 Å². The first-order valence-electron chi connectivity index (χ1n) is 2.98. The number of hydrogen-bond donors (Lipinski definition) is 0. The Bertz CT molecular complexity index is 251. The summed E-state index contributed by atoms with van der Waals surface area (Å²) in [6, 6.07) is 0. The maximum absolute atomic E-state index is 10.3. The van der Waals surface area contributed by atoms with Crippen molar-refractivity contribution in [2.45, 2.75) is 6.92 Å². The molecule has 0 aliphatic heterocycles. The molecule has 1 aliphatic rings. The molecule has 0 aromatic carbocycles. The number of carbonyl (C=O) groups is 1. The van der Waals surface area contributed by atoms with E-state index < -0.39 is 0 Å². The molecule has 0 bridgehead atoms. The van der Waals surface area contributed by atoms with Crippen molar-refractivity contribution in [3.8, 4) is 0 Å². The Morgan fingerprint density at radius 3 is 2.60 bits per heavy atom. The Hall–Kier alpha value is -1.40. The van der Waals surface area contributed by atoms with Gasteiger partial charge in [-0.05, 0) is 18.0 Å². The predicted molar refractivity (Wildman–Crippen MR) is 39.9 cm³/mol. The van der Waals surface area contributed by atoms with Crippen LogP contribution in [0, 0.1) is 0 Å². The van der Waals surface area contributed by atoms with E-state index in [1.165, 1.54) is 6.92 Å². The van der Waals surface area contributed by atoms with Gasteiger partial charge in [0.2, 0.25) is 0 Å². The fraction of sp³-hybridized carbons (Fsp3) is 0.125. The number of nitrogens with zero attached hydrogens (tertiary/aromatic N) is 1. The van der Waals surface area contributed by atoms with Crippen LogP contribution in [0.25, 0.3) is 0 Å². The van der Waals surface area contributed by atoms with Gasteiger partial charge in [0.05, 0.1) is 0 Å². The average Bonchev–Trinajstić information content (AvgIpc) is 2.34. The van der Waals surface area contributed by atoms with Gasteiger partial charge in [-0.3, -0.25) is 4.79 Å². The molecule has 2 heteroatoms. The summed E-state index contributed by atoms with van der Waals surface area (Å²) in [5.74, 6) is 2.38. The van der Waals surface area contributed by atoms with Gasteiger partial charge >= 0.3 is 0 Å². The van der Waals surface area contributed by atoms with E-state index in [1.807, 2.05) is 24.3 Å². The van der Waals surface area contributed by atoms with Crippen molar-refractivity contribution in [3.63, 3.8) is 0 Å². The number of allylic oxidation sites excluding steroid dienone is 5. The lowest BCUT2D eigenvalue weighted by atomic mass is 10.3. The van der Waals surface area contributed by atoms with Crippen LogP contribution >= 0.6 is 0 Å². The SMILES string of the molecule is CC(=O)N=C=C1C=CC=C1. The molecular formula is C8H7NO. The zero-order chi connectivity index (χ0) is 7.40. The van der Waals surface area contributed by atoms with E-state index in [2.05, 4.69) is 10.9 Å². The number of rotatable bonds is 0. The standard InChI is InChI=1S/C8H7NO/c1-7(10)9-6-8-4-2-3-5-8/h2-5H,1H3. The zero-order valence-corrected chi connectivity index (χ0v) is 5.66. The highest BCUT2D eigenvalue weighted by molar-refractivity contribution is 5.84. The third kappa shape index (κ3) is 1.84. The molecule has 0 aromatic rings. The van der Waals surface area contributed by atoms with E-state index in [9.17, 15) is 4.79 Å². The van der Waals surface area contributed by atoms with Crippen LogP contribution in [0.1, 0.15) is 6.92 Å². The monoisotopic (exact) mass is 133 g/mol. The lowest BCUT2D eigenvalue weighted by Crippen LogP contribution is -1.80. The Labute approximate surface area is 59.3 Å². The topological polar surface area (TPSA) is 29.4 Å². The van der Waals surface area contributed by atoms with E-state index >= 15 is 0 Å². The smallest absolute Gasteiger partial charge is 0.250 e. The maximum atomic E-state index is 10.3. The van der Waals surface area contributed by atoms with Crippen molar-refractivity contribution in [3.05, 3.63) is 29.9 Å². The van der Waals surface area contributed by atoms with Gasteiger partial charge in [0.15, 0.2) is 0 Å². The number of amides is 1. The summed E-state index contributed by atoms with van der Waals surface area (Å²) >= 11 is 0. The molecule has 0 aromatic heterocycles. The zero-order valence-electron chi connectivity index (χ0n) is 5.66. The van der Waals surface area contributed by atoms with Crippen LogP contribution in [0.2, 0.25) is 0 Å². The van der Waals surface area contributed by atoms with Gasteiger partial charge in [-0.1, -0.05) is 12.2 Å². The summed E-state index contributed by atoms with van der Waals surface area (Å²) in [5, 5.41) is 0.